The lowest BCUT2D eigenvalue weighted by Gasteiger charge is -2.08. The zero-order valence-corrected chi connectivity index (χ0v) is 14.1. The Morgan fingerprint density at radius 3 is 2.92 bits per heavy atom. The van der Waals surface area contributed by atoms with Gasteiger partial charge in [-0.1, -0.05) is 12.1 Å². The van der Waals surface area contributed by atoms with Gasteiger partial charge < -0.3 is 10.1 Å². The average Bonchev–Trinajstić information content (AvgIpc) is 3.04. The molecule has 0 aliphatic rings. The molecule has 1 N–H and O–H groups in total. The fourth-order valence-electron chi connectivity index (χ4n) is 2.25. The Morgan fingerprint density at radius 2 is 2.12 bits per heavy atom. The van der Waals surface area contributed by atoms with E-state index in [0.717, 1.165) is 0 Å². The van der Waals surface area contributed by atoms with Gasteiger partial charge >= 0.3 is 5.97 Å². The van der Waals surface area contributed by atoms with Gasteiger partial charge in [-0.05, 0) is 12.1 Å². The van der Waals surface area contributed by atoms with Crippen LogP contribution in [-0.4, -0.2) is 33.8 Å². The Balaban J connectivity index is 1.72. The minimum absolute atomic E-state index is 0.0504. The lowest BCUT2D eigenvalue weighted by Crippen LogP contribution is -2.22. The van der Waals surface area contributed by atoms with Gasteiger partial charge in [-0.2, -0.15) is 5.10 Å². The summed E-state index contributed by atoms with van der Waals surface area (Å²) in [6, 6.07) is 6.95. The van der Waals surface area contributed by atoms with Gasteiger partial charge in [-0.25, -0.2) is 4.98 Å². The van der Waals surface area contributed by atoms with Crippen LogP contribution in [0, 0.1) is 0 Å². The second-order valence-electron chi connectivity index (χ2n) is 5.13. The number of rotatable bonds is 5. The third-order valence-corrected chi connectivity index (χ3v) is 4.21. The van der Waals surface area contributed by atoms with Gasteiger partial charge in [0.2, 0.25) is 11.3 Å². The van der Waals surface area contributed by atoms with Crippen molar-refractivity contribution >= 4 is 39.2 Å². The average molecular weight is 358 g/mol. The van der Waals surface area contributed by atoms with Gasteiger partial charge in [0, 0.05) is 10.8 Å². The number of methoxy groups -OCH3 is 1. The lowest BCUT2D eigenvalue weighted by atomic mass is 10.2. The highest BCUT2D eigenvalue weighted by Gasteiger charge is 2.12. The fraction of sp³-hybridized carbons (Fsp3) is 0.188. The largest absolute Gasteiger partial charge is 0.469 e. The van der Waals surface area contributed by atoms with Crippen LogP contribution in [0.25, 0.3) is 10.9 Å². The van der Waals surface area contributed by atoms with Crippen molar-refractivity contribution in [1.29, 1.82) is 0 Å². The minimum atomic E-state index is -0.396. The van der Waals surface area contributed by atoms with Crippen molar-refractivity contribution in [2.75, 3.05) is 12.4 Å². The van der Waals surface area contributed by atoms with E-state index in [2.05, 4.69) is 20.1 Å². The Kier molecular flexibility index (Phi) is 4.85. The summed E-state index contributed by atoms with van der Waals surface area (Å²) in [4.78, 5) is 39.4. The summed E-state index contributed by atoms with van der Waals surface area (Å²) < 4.78 is 6.03. The monoisotopic (exact) mass is 358 g/mol. The van der Waals surface area contributed by atoms with Crippen LogP contribution in [-0.2, 0) is 27.3 Å². The molecule has 0 atom stereocenters. The molecular formula is C16H14N4O4S. The second-order valence-corrected chi connectivity index (χ2v) is 5.99. The van der Waals surface area contributed by atoms with Gasteiger partial charge in [0.15, 0.2) is 5.13 Å². The van der Waals surface area contributed by atoms with E-state index in [0.29, 0.717) is 21.7 Å². The van der Waals surface area contributed by atoms with Crippen molar-refractivity contribution in [3.63, 3.8) is 0 Å². The molecule has 0 aliphatic carbocycles. The van der Waals surface area contributed by atoms with Crippen molar-refractivity contribution < 1.29 is 14.3 Å². The number of amides is 1. The molecule has 0 spiro atoms. The van der Waals surface area contributed by atoms with E-state index in [9.17, 15) is 14.4 Å². The number of nitrogens with zero attached hydrogens (tertiary/aromatic N) is 3. The van der Waals surface area contributed by atoms with Crippen molar-refractivity contribution in [2.24, 2.45) is 0 Å². The van der Waals surface area contributed by atoms with Gasteiger partial charge in [-0.15, -0.1) is 11.3 Å². The number of ether oxygens (including phenoxy) is 1. The fourth-order valence-corrected chi connectivity index (χ4v) is 2.97. The molecule has 2 aromatic heterocycles. The Bertz CT molecular complexity index is 995. The molecule has 0 bridgehead atoms. The maximum atomic E-state index is 12.2. The molecule has 0 unspecified atom stereocenters. The van der Waals surface area contributed by atoms with Crippen LogP contribution in [0.3, 0.4) is 0 Å². The van der Waals surface area contributed by atoms with E-state index < -0.39 is 5.97 Å². The maximum absolute atomic E-state index is 12.2. The first-order valence-corrected chi connectivity index (χ1v) is 8.20. The summed E-state index contributed by atoms with van der Waals surface area (Å²) in [7, 11) is 1.30. The number of anilines is 1. The maximum Gasteiger partial charge on any atom is 0.311 e. The van der Waals surface area contributed by atoms with Gasteiger partial charge in [0.25, 0.3) is 0 Å². The first-order valence-electron chi connectivity index (χ1n) is 7.33. The summed E-state index contributed by atoms with van der Waals surface area (Å²) in [5.41, 5.74) is 0.911. The number of aromatic nitrogens is 3. The minimum Gasteiger partial charge on any atom is -0.469 e. The molecule has 0 saturated heterocycles. The third-order valence-electron chi connectivity index (χ3n) is 3.41. The van der Waals surface area contributed by atoms with Crippen molar-refractivity contribution in [3.8, 4) is 0 Å². The van der Waals surface area contributed by atoms with Gasteiger partial charge in [-0.3, -0.25) is 19.1 Å². The molecule has 9 heteroatoms. The molecular weight excluding hydrogens is 344 g/mol. The van der Waals surface area contributed by atoms with Crippen LogP contribution < -0.4 is 10.7 Å². The summed E-state index contributed by atoms with van der Waals surface area (Å²) in [6.07, 6.45) is 1.24. The molecule has 25 heavy (non-hydrogen) atoms. The molecule has 0 aliphatic heterocycles. The highest BCUT2D eigenvalue weighted by molar-refractivity contribution is 7.13. The van der Waals surface area contributed by atoms with Crippen LogP contribution in [0.2, 0.25) is 0 Å². The number of carbonyl (C=O) groups is 2. The molecule has 0 fully saturated rings. The first kappa shape index (κ1) is 16.8. The van der Waals surface area contributed by atoms with Crippen LogP contribution in [0.1, 0.15) is 5.69 Å². The smallest absolute Gasteiger partial charge is 0.311 e. The number of carbonyl (C=O) groups excluding carboxylic acids is 2. The van der Waals surface area contributed by atoms with E-state index >= 15 is 0 Å². The molecule has 128 valence electrons. The zero-order valence-electron chi connectivity index (χ0n) is 13.3. The number of benzene rings is 1. The number of esters is 1. The van der Waals surface area contributed by atoms with E-state index in [1.807, 2.05) is 0 Å². The van der Waals surface area contributed by atoms with Crippen LogP contribution >= 0.6 is 11.3 Å². The highest BCUT2D eigenvalue weighted by atomic mass is 32.1. The van der Waals surface area contributed by atoms with Crippen molar-refractivity contribution in [1.82, 2.24) is 14.8 Å². The second kappa shape index (κ2) is 7.22. The predicted octanol–water partition coefficient (Wildman–Crippen LogP) is 1.21. The molecule has 1 aromatic carbocycles. The Morgan fingerprint density at radius 1 is 1.32 bits per heavy atom. The quantitative estimate of drug-likeness (QED) is 0.688. The molecule has 1 amide bonds. The number of hydrogen-bond donors (Lipinski definition) is 1. The van der Waals surface area contributed by atoms with Crippen LogP contribution in [0.4, 0.5) is 5.13 Å². The number of nitrogens with one attached hydrogen (secondary N) is 1. The topological polar surface area (TPSA) is 103 Å². The normalized spacial score (nSPS) is 10.6. The van der Waals surface area contributed by atoms with E-state index in [-0.39, 0.29) is 24.3 Å². The van der Waals surface area contributed by atoms with Crippen LogP contribution in [0.5, 0.6) is 0 Å². The highest BCUT2D eigenvalue weighted by Crippen LogP contribution is 2.16. The van der Waals surface area contributed by atoms with E-state index in [1.54, 1.807) is 29.6 Å². The summed E-state index contributed by atoms with van der Waals surface area (Å²) in [5.74, 6) is -0.729. The molecule has 0 radical (unpaired) electrons. The predicted molar refractivity (Wildman–Crippen MR) is 92.5 cm³/mol. The number of hydrogen-bond acceptors (Lipinski definition) is 7. The summed E-state index contributed by atoms with van der Waals surface area (Å²) in [5, 5.41) is 9.23. The molecule has 8 nitrogen and oxygen atoms in total. The molecule has 0 saturated carbocycles. The molecule has 2 heterocycles. The first-order chi connectivity index (χ1) is 12.1. The lowest BCUT2D eigenvalue weighted by molar-refractivity contribution is -0.139. The van der Waals surface area contributed by atoms with Gasteiger partial charge in [0.1, 0.15) is 6.54 Å². The SMILES string of the molecule is COC(=O)Cc1csc(NC(=O)Cn2ncc(=O)c3ccccc32)n1. The van der Waals surface area contributed by atoms with E-state index in [1.165, 1.54) is 29.3 Å². The molecule has 3 rings (SSSR count). The zero-order chi connectivity index (χ0) is 17.8. The summed E-state index contributed by atoms with van der Waals surface area (Å²) >= 11 is 1.22. The van der Waals surface area contributed by atoms with Crippen molar-refractivity contribution in [3.05, 3.63) is 51.8 Å². The number of fused-ring (bicyclic) bond motifs is 1. The third kappa shape index (κ3) is 3.89. The van der Waals surface area contributed by atoms with Crippen LogP contribution in [0.15, 0.2) is 40.6 Å². The Labute approximate surface area is 146 Å². The molecule has 3 aromatic rings. The standard InChI is InChI=1S/C16H14N4O4S/c1-24-15(23)6-10-9-25-16(18-10)19-14(22)8-20-12-5-3-2-4-11(12)13(21)7-17-20/h2-5,7,9H,6,8H2,1H3,(H,18,19,22). The number of para-hydroxylation sites is 1. The number of thiazole rings is 1. The van der Waals surface area contributed by atoms with Gasteiger partial charge in [0.05, 0.1) is 30.9 Å². The Hall–Kier alpha value is -3.07. The summed E-state index contributed by atoms with van der Waals surface area (Å²) in [6.45, 7) is -0.0628. The van der Waals surface area contributed by atoms with E-state index in [4.69, 9.17) is 0 Å². The van der Waals surface area contributed by atoms with Crippen molar-refractivity contribution in [2.45, 2.75) is 13.0 Å².